The molecular formula is C17H26N6O. The van der Waals surface area contributed by atoms with E-state index in [4.69, 9.17) is 0 Å². The van der Waals surface area contributed by atoms with Gasteiger partial charge in [0.1, 0.15) is 0 Å². The van der Waals surface area contributed by atoms with Crippen LogP contribution in [-0.2, 0) is 6.54 Å². The number of aryl methyl sites for hydroxylation is 2. The van der Waals surface area contributed by atoms with Crippen LogP contribution in [0.5, 0.6) is 0 Å². The molecule has 0 bridgehead atoms. The SMILES string of the molecule is Cc1n[nH]c(C)c1[C@@H]1CCCCCN1C(=O)NCCn1ccnc1. The maximum atomic E-state index is 12.8. The molecule has 0 aromatic carbocycles. The van der Waals surface area contributed by atoms with Gasteiger partial charge in [0, 0.05) is 43.3 Å². The van der Waals surface area contributed by atoms with E-state index in [2.05, 4.69) is 20.5 Å². The lowest BCUT2D eigenvalue weighted by molar-refractivity contribution is 0.175. The second-order valence-corrected chi connectivity index (χ2v) is 6.44. The number of H-pyrrole nitrogens is 1. The van der Waals surface area contributed by atoms with Crippen LogP contribution >= 0.6 is 0 Å². The summed E-state index contributed by atoms with van der Waals surface area (Å²) in [5, 5.41) is 10.4. The zero-order valence-electron chi connectivity index (χ0n) is 14.5. The summed E-state index contributed by atoms with van der Waals surface area (Å²) in [6.07, 6.45) is 9.78. The van der Waals surface area contributed by atoms with Crippen molar-refractivity contribution in [3.8, 4) is 0 Å². The second kappa shape index (κ2) is 7.51. The van der Waals surface area contributed by atoms with Crippen molar-refractivity contribution >= 4 is 6.03 Å². The first kappa shape index (κ1) is 16.5. The van der Waals surface area contributed by atoms with Crippen LogP contribution < -0.4 is 5.32 Å². The first-order chi connectivity index (χ1) is 11.7. The van der Waals surface area contributed by atoms with Gasteiger partial charge in [0.15, 0.2) is 0 Å². The van der Waals surface area contributed by atoms with Crippen molar-refractivity contribution in [3.05, 3.63) is 35.7 Å². The fourth-order valence-corrected chi connectivity index (χ4v) is 3.51. The fourth-order valence-electron chi connectivity index (χ4n) is 3.51. The number of aromatic amines is 1. The molecule has 3 heterocycles. The average Bonchev–Trinajstić information content (AvgIpc) is 3.11. The quantitative estimate of drug-likeness (QED) is 0.904. The molecule has 7 heteroatoms. The summed E-state index contributed by atoms with van der Waals surface area (Å²) in [5.41, 5.74) is 3.24. The molecule has 1 fully saturated rings. The molecule has 7 nitrogen and oxygen atoms in total. The lowest BCUT2D eigenvalue weighted by Crippen LogP contribution is -2.43. The van der Waals surface area contributed by atoms with Crippen LogP contribution in [0.4, 0.5) is 4.79 Å². The summed E-state index contributed by atoms with van der Waals surface area (Å²) in [4.78, 5) is 18.8. The zero-order chi connectivity index (χ0) is 16.9. The first-order valence-corrected chi connectivity index (χ1v) is 8.68. The number of nitrogens with zero attached hydrogens (tertiary/aromatic N) is 4. The van der Waals surface area contributed by atoms with Gasteiger partial charge in [0.2, 0.25) is 0 Å². The molecular weight excluding hydrogens is 304 g/mol. The van der Waals surface area contributed by atoms with Crippen molar-refractivity contribution in [2.75, 3.05) is 13.1 Å². The van der Waals surface area contributed by atoms with Gasteiger partial charge in [-0.25, -0.2) is 9.78 Å². The van der Waals surface area contributed by atoms with Gasteiger partial charge in [-0.2, -0.15) is 5.10 Å². The molecule has 2 amide bonds. The highest BCUT2D eigenvalue weighted by Crippen LogP contribution is 2.33. The summed E-state index contributed by atoms with van der Waals surface area (Å²) in [7, 11) is 0. The average molecular weight is 330 g/mol. The van der Waals surface area contributed by atoms with Crippen molar-refractivity contribution in [1.29, 1.82) is 0 Å². The van der Waals surface area contributed by atoms with Gasteiger partial charge in [0.05, 0.1) is 18.1 Å². The third-order valence-corrected chi connectivity index (χ3v) is 4.74. The predicted molar refractivity (Wildman–Crippen MR) is 91.6 cm³/mol. The third-order valence-electron chi connectivity index (χ3n) is 4.74. The van der Waals surface area contributed by atoms with Gasteiger partial charge in [-0.15, -0.1) is 0 Å². The number of nitrogens with one attached hydrogen (secondary N) is 2. The predicted octanol–water partition coefficient (Wildman–Crippen LogP) is 2.55. The molecule has 1 saturated heterocycles. The maximum Gasteiger partial charge on any atom is 0.317 e. The molecule has 3 rings (SSSR count). The number of amides is 2. The summed E-state index contributed by atoms with van der Waals surface area (Å²) < 4.78 is 1.96. The van der Waals surface area contributed by atoms with Gasteiger partial charge in [0.25, 0.3) is 0 Å². The van der Waals surface area contributed by atoms with Crippen molar-refractivity contribution in [3.63, 3.8) is 0 Å². The molecule has 2 aromatic rings. The topological polar surface area (TPSA) is 78.8 Å². The van der Waals surface area contributed by atoms with Gasteiger partial charge in [-0.1, -0.05) is 12.8 Å². The van der Waals surface area contributed by atoms with Crippen molar-refractivity contribution in [2.45, 2.75) is 52.1 Å². The smallest absolute Gasteiger partial charge is 0.317 e. The van der Waals surface area contributed by atoms with Crippen molar-refractivity contribution < 1.29 is 4.79 Å². The highest BCUT2D eigenvalue weighted by Gasteiger charge is 2.29. The Balaban J connectivity index is 1.68. The number of imidazole rings is 1. The molecule has 0 aliphatic carbocycles. The Hall–Kier alpha value is -2.31. The monoisotopic (exact) mass is 330 g/mol. The number of urea groups is 1. The van der Waals surface area contributed by atoms with Crippen LogP contribution in [0, 0.1) is 13.8 Å². The van der Waals surface area contributed by atoms with Crippen LogP contribution in [0.15, 0.2) is 18.7 Å². The zero-order valence-corrected chi connectivity index (χ0v) is 14.5. The molecule has 2 N–H and O–H groups in total. The summed E-state index contributed by atoms with van der Waals surface area (Å²) >= 11 is 0. The minimum Gasteiger partial charge on any atom is -0.336 e. The van der Waals surface area contributed by atoms with Crippen LogP contribution in [0.3, 0.4) is 0 Å². The lowest BCUT2D eigenvalue weighted by atomic mass is 9.99. The van der Waals surface area contributed by atoms with Gasteiger partial charge in [-0.05, 0) is 26.7 Å². The van der Waals surface area contributed by atoms with E-state index in [0.717, 1.165) is 43.7 Å². The Morgan fingerprint density at radius 2 is 2.25 bits per heavy atom. The van der Waals surface area contributed by atoms with Gasteiger partial charge < -0.3 is 14.8 Å². The number of rotatable bonds is 4. The molecule has 1 aliphatic heterocycles. The van der Waals surface area contributed by atoms with E-state index in [1.807, 2.05) is 29.5 Å². The molecule has 0 radical (unpaired) electrons. The van der Waals surface area contributed by atoms with Crippen LogP contribution in [0.25, 0.3) is 0 Å². The summed E-state index contributed by atoms with van der Waals surface area (Å²) in [5.74, 6) is 0. The normalized spacial score (nSPS) is 18.4. The minimum atomic E-state index is 0.0158. The van der Waals surface area contributed by atoms with E-state index in [1.165, 1.54) is 12.0 Å². The van der Waals surface area contributed by atoms with Crippen LogP contribution in [0.2, 0.25) is 0 Å². The van der Waals surface area contributed by atoms with Crippen molar-refractivity contribution in [1.82, 2.24) is 30.0 Å². The summed E-state index contributed by atoms with van der Waals surface area (Å²) in [6, 6.07) is 0.126. The first-order valence-electron chi connectivity index (χ1n) is 8.68. The second-order valence-electron chi connectivity index (χ2n) is 6.44. The summed E-state index contributed by atoms with van der Waals surface area (Å²) in [6.45, 7) is 6.18. The lowest BCUT2D eigenvalue weighted by Gasteiger charge is -2.30. The number of likely N-dealkylation sites (tertiary alicyclic amines) is 1. The number of carbonyl (C=O) groups excluding carboxylic acids is 1. The highest BCUT2D eigenvalue weighted by molar-refractivity contribution is 5.74. The van der Waals surface area contributed by atoms with Crippen LogP contribution in [-0.4, -0.2) is 43.8 Å². The molecule has 24 heavy (non-hydrogen) atoms. The molecule has 0 saturated carbocycles. The molecule has 1 aliphatic rings. The van der Waals surface area contributed by atoms with Crippen LogP contribution in [0.1, 0.15) is 48.7 Å². The molecule has 130 valence electrons. The number of hydrogen-bond acceptors (Lipinski definition) is 3. The van der Waals surface area contributed by atoms with Crippen molar-refractivity contribution in [2.24, 2.45) is 0 Å². The number of aromatic nitrogens is 4. The van der Waals surface area contributed by atoms with Gasteiger partial charge in [-0.3, -0.25) is 5.10 Å². The van der Waals surface area contributed by atoms with E-state index < -0.39 is 0 Å². The number of hydrogen-bond donors (Lipinski definition) is 2. The molecule has 0 unspecified atom stereocenters. The van der Waals surface area contributed by atoms with E-state index in [9.17, 15) is 4.79 Å². The Morgan fingerprint density at radius 3 is 2.96 bits per heavy atom. The number of carbonyl (C=O) groups is 1. The molecule has 1 atom stereocenters. The molecule has 2 aromatic heterocycles. The largest absolute Gasteiger partial charge is 0.336 e. The standard InChI is InChI=1S/C17H26N6O/c1-13-16(14(2)21-20-13)15-6-4-3-5-9-23(15)17(24)19-8-11-22-10-7-18-12-22/h7,10,12,15H,3-6,8-9,11H2,1-2H3,(H,19,24)(H,20,21)/t15-/m0/s1. The fraction of sp³-hybridized carbons (Fsp3) is 0.588. The highest BCUT2D eigenvalue weighted by atomic mass is 16.2. The van der Waals surface area contributed by atoms with E-state index in [0.29, 0.717) is 6.54 Å². The Bertz CT molecular complexity index is 643. The van der Waals surface area contributed by atoms with Gasteiger partial charge >= 0.3 is 6.03 Å². The van der Waals surface area contributed by atoms with E-state index in [1.54, 1.807) is 12.5 Å². The minimum absolute atomic E-state index is 0.0158. The Kier molecular flexibility index (Phi) is 5.17. The van der Waals surface area contributed by atoms with E-state index in [-0.39, 0.29) is 12.1 Å². The Morgan fingerprint density at radius 1 is 1.38 bits per heavy atom. The maximum absolute atomic E-state index is 12.8. The molecule has 0 spiro atoms. The Labute approximate surface area is 142 Å². The third kappa shape index (κ3) is 3.60. The van der Waals surface area contributed by atoms with E-state index >= 15 is 0 Å².